The second-order valence-electron chi connectivity index (χ2n) is 9.08. The van der Waals surface area contributed by atoms with E-state index in [0.717, 1.165) is 21.7 Å². The smallest absolute Gasteiger partial charge is 0.405 e. The molecule has 0 spiro atoms. The first-order valence-electron chi connectivity index (χ1n) is 11.0. The predicted molar refractivity (Wildman–Crippen MR) is 132 cm³/mol. The molecule has 2 aromatic carbocycles. The second kappa shape index (κ2) is 6.66. The number of fused-ring (bicyclic) bond motifs is 4. The average molecular weight is 420 g/mol. The summed E-state index contributed by atoms with van der Waals surface area (Å²) in [6.07, 6.45) is 2.10. The van der Waals surface area contributed by atoms with Gasteiger partial charge in [-0.05, 0) is 64.2 Å². The quantitative estimate of drug-likeness (QED) is 0.458. The van der Waals surface area contributed by atoms with Crippen molar-refractivity contribution in [3.63, 3.8) is 0 Å². The molecular formula is C26H25BN4O. The number of rotatable bonds is 2. The molecule has 4 aromatic rings. The van der Waals surface area contributed by atoms with Gasteiger partial charge in [-0.25, -0.2) is 4.98 Å². The van der Waals surface area contributed by atoms with E-state index in [1.807, 2.05) is 13.0 Å². The first kappa shape index (κ1) is 19.1. The number of anilines is 3. The largest absolute Gasteiger partial charge is 0.436 e. The standard InChI is InChI=1S/C26H25BN4O/c1-18-14-15-20-21-16-27(29(4)17-24(21)32-25(20)28-18)31-23-13-9-8-12-22(23)30(26(31,2)3)19-10-6-5-7-11-19/h5-17H,1-4H3. The Kier molecular flexibility index (Phi) is 3.97. The Labute approximate surface area is 188 Å². The number of hydrogen-bond acceptors (Lipinski definition) is 5. The van der Waals surface area contributed by atoms with Crippen LogP contribution in [-0.4, -0.2) is 29.5 Å². The molecule has 2 aliphatic heterocycles. The van der Waals surface area contributed by atoms with Crippen molar-refractivity contribution in [1.82, 2.24) is 9.79 Å². The number of pyridine rings is 1. The number of aromatic nitrogens is 1. The molecule has 2 aromatic heterocycles. The second-order valence-corrected chi connectivity index (χ2v) is 9.08. The summed E-state index contributed by atoms with van der Waals surface area (Å²) in [4.78, 5) is 11.7. The van der Waals surface area contributed by atoms with E-state index in [0.29, 0.717) is 5.71 Å². The molecule has 0 saturated carbocycles. The summed E-state index contributed by atoms with van der Waals surface area (Å²) in [5.74, 6) is 2.31. The van der Waals surface area contributed by atoms with Crippen molar-refractivity contribution in [1.29, 1.82) is 0 Å². The molecule has 0 atom stereocenters. The normalized spacial score (nSPS) is 16.6. The van der Waals surface area contributed by atoms with Crippen LogP contribution in [0.15, 0.2) is 71.1 Å². The van der Waals surface area contributed by atoms with E-state index in [1.165, 1.54) is 17.1 Å². The molecule has 0 bridgehead atoms. The van der Waals surface area contributed by atoms with Gasteiger partial charge in [-0.15, -0.1) is 0 Å². The van der Waals surface area contributed by atoms with Gasteiger partial charge < -0.3 is 18.9 Å². The van der Waals surface area contributed by atoms with Gasteiger partial charge in [-0.2, -0.15) is 0 Å². The van der Waals surface area contributed by atoms with Gasteiger partial charge in [-0.3, -0.25) is 0 Å². The van der Waals surface area contributed by atoms with Crippen LogP contribution >= 0.6 is 0 Å². The van der Waals surface area contributed by atoms with Crippen LogP contribution in [0.25, 0.3) is 23.3 Å². The lowest BCUT2D eigenvalue weighted by molar-refractivity contribution is 0.532. The van der Waals surface area contributed by atoms with Crippen LogP contribution in [0.4, 0.5) is 17.1 Å². The Bertz CT molecular complexity index is 1460. The molecule has 6 rings (SSSR count). The summed E-state index contributed by atoms with van der Waals surface area (Å²) in [5.41, 5.74) is 5.84. The van der Waals surface area contributed by atoms with E-state index >= 15 is 0 Å². The van der Waals surface area contributed by atoms with Crippen LogP contribution in [0.5, 0.6) is 0 Å². The summed E-state index contributed by atoms with van der Waals surface area (Å²) >= 11 is 0. The van der Waals surface area contributed by atoms with Gasteiger partial charge in [0.1, 0.15) is 5.66 Å². The van der Waals surface area contributed by atoms with Gasteiger partial charge in [0.25, 0.3) is 0 Å². The molecule has 0 radical (unpaired) electrons. The van der Waals surface area contributed by atoms with Crippen LogP contribution in [0, 0.1) is 6.92 Å². The fourth-order valence-corrected chi connectivity index (χ4v) is 5.21. The first-order chi connectivity index (χ1) is 15.4. The van der Waals surface area contributed by atoms with E-state index < -0.39 is 0 Å². The number of furan rings is 1. The molecule has 0 amide bonds. The number of aryl methyl sites for hydroxylation is 1. The molecule has 0 aliphatic carbocycles. The van der Waals surface area contributed by atoms with E-state index in [1.54, 1.807) is 0 Å². The van der Waals surface area contributed by atoms with Crippen molar-refractivity contribution in [2.45, 2.75) is 26.4 Å². The Balaban J connectivity index is 1.55. The molecular weight excluding hydrogens is 395 g/mol. The third-order valence-electron chi connectivity index (χ3n) is 6.61. The highest BCUT2D eigenvalue weighted by Crippen LogP contribution is 2.49. The molecule has 4 heterocycles. The Morgan fingerprint density at radius 2 is 1.62 bits per heavy atom. The highest BCUT2D eigenvalue weighted by Gasteiger charge is 2.48. The maximum absolute atomic E-state index is 6.10. The molecule has 6 heteroatoms. The van der Waals surface area contributed by atoms with E-state index in [9.17, 15) is 0 Å². The fourth-order valence-electron chi connectivity index (χ4n) is 5.21. The zero-order chi connectivity index (χ0) is 22.0. The van der Waals surface area contributed by atoms with Crippen LogP contribution in [0.3, 0.4) is 0 Å². The average Bonchev–Trinajstić information content (AvgIpc) is 3.23. The zero-order valence-corrected chi connectivity index (χ0v) is 18.8. The zero-order valence-electron chi connectivity index (χ0n) is 18.8. The van der Waals surface area contributed by atoms with Gasteiger partial charge >= 0.3 is 6.98 Å². The molecule has 2 aliphatic rings. The predicted octanol–water partition coefficient (Wildman–Crippen LogP) is 4.02. The lowest BCUT2D eigenvalue weighted by atomic mass is 9.68. The number of hydrogen-bond donors (Lipinski definition) is 0. The molecule has 0 N–H and O–H groups in total. The topological polar surface area (TPSA) is 35.8 Å². The summed E-state index contributed by atoms with van der Waals surface area (Å²) in [5, 5.41) is 2.17. The minimum absolute atomic E-state index is 0.0227. The maximum Gasteiger partial charge on any atom is 0.405 e. The first-order valence-corrected chi connectivity index (χ1v) is 11.0. The molecule has 0 unspecified atom stereocenters. The van der Waals surface area contributed by atoms with E-state index in [2.05, 4.69) is 113 Å². The van der Waals surface area contributed by atoms with E-state index in [4.69, 9.17) is 4.42 Å². The van der Waals surface area contributed by atoms with Crippen LogP contribution in [0.2, 0.25) is 0 Å². The van der Waals surface area contributed by atoms with Crippen molar-refractivity contribution < 1.29 is 4.42 Å². The van der Waals surface area contributed by atoms with Crippen LogP contribution in [-0.2, 0) is 0 Å². The van der Waals surface area contributed by atoms with Gasteiger partial charge in [0.05, 0.1) is 11.4 Å². The lowest BCUT2D eigenvalue weighted by Gasteiger charge is -2.45. The van der Waals surface area contributed by atoms with E-state index in [-0.39, 0.29) is 12.6 Å². The SMILES string of the molecule is Cc1ccc2c3c(oc2n1)=CN(C)B(N1c2ccccc2N(c2ccccc2)C1(C)C)C=3. The van der Waals surface area contributed by atoms with Gasteiger partial charge in [0.15, 0.2) is 5.42 Å². The summed E-state index contributed by atoms with van der Waals surface area (Å²) < 4.78 is 6.10. The Morgan fingerprint density at radius 1 is 0.906 bits per heavy atom. The minimum atomic E-state index is -0.291. The van der Waals surface area contributed by atoms with Crippen molar-refractivity contribution in [3.05, 3.63) is 83.1 Å². The van der Waals surface area contributed by atoms with Crippen molar-refractivity contribution in [3.8, 4) is 0 Å². The monoisotopic (exact) mass is 420 g/mol. The van der Waals surface area contributed by atoms with Crippen molar-refractivity contribution in [2.75, 3.05) is 16.8 Å². The fraction of sp³-hybridized carbons (Fsp3) is 0.192. The third-order valence-corrected chi connectivity index (χ3v) is 6.61. The summed E-state index contributed by atoms with van der Waals surface area (Å²) in [6.45, 7) is 6.59. The maximum atomic E-state index is 6.10. The number of benzene rings is 2. The number of para-hydroxylation sites is 3. The third kappa shape index (κ3) is 2.62. The minimum Gasteiger partial charge on any atom is -0.436 e. The molecule has 0 saturated heterocycles. The van der Waals surface area contributed by atoms with Gasteiger partial charge in [-0.1, -0.05) is 36.3 Å². The summed E-state index contributed by atoms with van der Waals surface area (Å²) in [6, 6.07) is 23.4. The van der Waals surface area contributed by atoms with Gasteiger partial charge in [0.2, 0.25) is 5.71 Å². The van der Waals surface area contributed by atoms with Crippen molar-refractivity contribution in [2.24, 2.45) is 0 Å². The highest BCUT2D eigenvalue weighted by molar-refractivity contribution is 6.76. The molecule has 0 fully saturated rings. The molecule has 32 heavy (non-hydrogen) atoms. The van der Waals surface area contributed by atoms with Crippen LogP contribution in [0.1, 0.15) is 19.5 Å². The van der Waals surface area contributed by atoms with Crippen molar-refractivity contribution >= 4 is 47.3 Å². The Hall–Kier alpha value is -3.67. The lowest BCUT2D eigenvalue weighted by Crippen LogP contribution is -2.62. The molecule has 5 nitrogen and oxygen atoms in total. The molecule has 158 valence electrons. The Morgan fingerprint density at radius 3 is 2.41 bits per heavy atom. The number of nitrogens with zero attached hydrogens (tertiary/aromatic N) is 4. The van der Waals surface area contributed by atoms with Gasteiger partial charge in [0, 0.05) is 28.2 Å². The van der Waals surface area contributed by atoms with Crippen LogP contribution < -0.4 is 20.3 Å². The highest BCUT2D eigenvalue weighted by atomic mass is 16.3. The summed E-state index contributed by atoms with van der Waals surface area (Å²) in [7, 11) is 2.11.